The number of nitrogens with one attached hydrogen (secondary N) is 1. The van der Waals surface area contributed by atoms with Crippen LogP contribution >= 0.6 is 0 Å². The fourth-order valence-electron chi connectivity index (χ4n) is 2.50. The monoisotopic (exact) mass is 356 g/mol. The van der Waals surface area contributed by atoms with Gasteiger partial charge in [0.05, 0.1) is 18.7 Å². The minimum absolute atomic E-state index is 0.155. The lowest BCUT2D eigenvalue weighted by molar-refractivity contribution is -0.123. The van der Waals surface area contributed by atoms with Crippen LogP contribution in [0.5, 0.6) is 11.5 Å². The van der Waals surface area contributed by atoms with Crippen LogP contribution in [0.15, 0.2) is 42.5 Å². The molecule has 0 bridgehead atoms. The number of rotatable bonds is 8. The molecule has 0 saturated heterocycles. The average Bonchev–Trinajstić information content (AvgIpc) is 2.65. The number of aryl methyl sites for hydroxylation is 1. The van der Waals surface area contributed by atoms with Crippen LogP contribution < -0.4 is 20.5 Å². The van der Waals surface area contributed by atoms with Crippen molar-refractivity contribution in [2.24, 2.45) is 5.73 Å². The van der Waals surface area contributed by atoms with Crippen molar-refractivity contribution in [3.05, 3.63) is 59.2 Å². The number of carbonyl (C=O) groups excluding carboxylic acids is 2. The molecule has 6 heteroatoms. The second kappa shape index (κ2) is 8.89. The van der Waals surface area contributed by atoms with Gasteiger partial charge in [0.15, 0.2) is 6.61 Å². The molecule has 2 rings (SSSR count). The Morgan fingerprint density at radius 3 is 2.42 bits per heavy atom. The highest BCUT2D eigenvalue weighted by molar-refractivity contribution is 5.96. The van der Waals surface area contributed by atoms with E-state index in [2.05, 4.69) is 12.2 Å². The van der Waals surface area contributed by atoms with Crippen LogP contribution in [0.3, 0.4) is 0 Å². The summed E-state index contributed by atoms with van der Waals surface area (Å²) in [5.41, 5.74) is 7.78. The fraction of sp³-hybridized carbons (Fsp3) is 0.300. The predicted octanol–water partition coefficient (Wildman–Crippen LogP) is 2.61. The van der Waals surface area contributed by atoms with E-state index < -0.39 is 5.91 Å². The van der Waals surface area contributed by atoms with Gasteiger partial charge in [0.25, 0.3) is 11.8 Å². The summed E-state index contributed by atoms with van der Waals surface area (Å²) in [7, 11) is 1.50. The van der Waals surface area contributed by atoms with Crippen molar-refractivity contribution >= 4 is 11.8 Å². The van der Waals surface area contributed by atoms with Crippen molar-refractivity contribution in [2.75, 3.05) is 13.7 Å². The molecule has 3 N–H and O–H groups in total. The van der Waals surface area contributed by atoms with Crippen molar-refractivity contribution in [1.29, 1.82) is 0 Å². The van der Waals surface area contributed by atoms with Crippen LogP contribution in [0.2, 0.25) is 0 Å². The quantitative estimate of drug-likeness (QED) is 0.761. The summed E-state index contributed by atoms with van der Waals surface area (Å²) in [6, 6.07) is 12.6. The molecule has 138 valence electrons. The van der Waals surface area contributed by atoms with E-state index in [4.69, 9.17) is 15.2 Å². The molecule has 0 aromatic heterocycles. The molecule has 0 heterocycles. The molecule has 0 fully saturated rings. The lowest BCUT2D eigenvalue weighted by atomic mass is 10.1. The Labute approximate surface area is 153 Å². The Balaban J connectivity index is 1.98. The summed E-state index contributed by atoms with van der Waals surface area (Å²) < 4.78 is 10.6. The van der Waals surface area contributed by atoms with Crippen LogP contribution in [-0.4, -0.2) is 25.5 Å². The van der Waals surface area contributed by atoms with Crippen molar-refractivity contribution < 1.29 is 19.1 Å². The van der Waals surface area contributed by atoms with Crippen molar-refractivity contribution in [2.45, 2.75) is 26.3 Å². The molecule has 0 aliphatic rings. The van der Waals surface area contributed by atoms with Crippen LogP contribution in [0.1, 0.15) is 41.4 Å². The third-order valence-corrected chi connectivity index (χ3v) is 4.08. The van der Waals surface area contributed by atoms with E-state index in [-0.39, 0.29) is 29.9 Å². The Hall–Kier alpha value is -3.02. The molecule has 2 amide bonds. The van der Waals surface area contributed by atoms with Crippen LogP contribution in [0, 0.1) is 0 Å². The van der Waals surface area contributed by atoms with Gasteiger partial charge in [-0.25, -0.2) is 0 Å². The fourth-order valence-corrected chi connectivity index (χ4v) is 2.50. The number of primary amides is 1. The minimum atomic E-state index is -0.632. The third kappa shape index (κ3) is 4.99. The molecule has 0 saturated carbocycles. The number of hydrogen-bond donors (Lipinski definition) is 2. The molecular weight excluding hydrogens is 332 g/mol. The number of nitrogens with two attached hydrogens (primary N) is 1. The first-order chi connectivity index (χ1) is 12.4. The molecule has 6 nitrogen and oxygen atoms in total. The van der Waals surface area contributed by atoms with Gasteiger partial charge < -0.3 is 20.5 Å². The summed E-state index contributed by atoms with van der Waals surface area (Å²) >= 11 is 0. The molecule has 1 unspecified atom stereocenters. The van der Waals surface area contributed by atoms with Gasteiger partial charge in [0, 0.05) is 6.07 Å². The van der Waals surface area contributed by atoms with Gasteiger partial charge in [0.1, 0.15) is 11.5 Å². The molecule has 2 aromatic carbocycles. The van der Waals surface area contributed by atoms with E-state index in [0.717, 1.165) is 12.0 Å². The van der Waals surface area contributed by atoms with Crippen molar-refractivity contribution in [1.82, 2.24) is 5.32 Å². The molecule has 1 atom stereocenters. The number of amides is 2. The summed E-state index contributed by atoms with van der Waals surface area (Å²) in [6.45, 7) is 3.76. The van der Waals surface area contributed by atoms with E-state index in [1.807, 2.05) is 31.2 Å². The molecular formula is C20H24N2O4. The summed E-state index contributed by atoms with van der Waals surface area (Å²) in [4.78, 5) is 23.7. The summed E-state index contributed by atoms with van der Waals surface area (Å²) in [5, 5.41) is 2.87. The highest BCUT2D eigenvalue weighted by Gasteiger charge is 2.14. The van der Waals surface area contributed by atoms with Gasteiger partial charge in [-0.05, 0) is 36.6 Å². The van der Waals surface area contributed by atoms with Crippen molar-refractivity contribution in [3.63, 3.8) is 0 Å². The lowest BCUT2D eigenvalue weighted by Gasteiger charge is -2.16. The Kier molecular flexibility index (Phi) is 6.60. The second-order valence-electron chi connectivity index (χ2n) is 5.90. The van der Waals surface area contributed by atoms with Gasteiger partial charge >= 0.3 is 0 Å². The molecule has 0 spiro atoms. The maximum absolute atomic E-state index is 12.2. The van der Waals surface area contributed by atoms with E-state index in [1.54, 1.807) is 6.07 Å². The zero-order valence-corrected chi connectivity index (χ0v) is 15.2. The number of carbonyl (C=O) groups is 2. The van der Waals surface area contributed by atoms with Crippen LogP contribution in [-0.2, 0) is 11.2 Å². The van der Waals surface area contributed by atoms with E-state index in [9.17, 15) is 9.59 Å². The van der Waals surface area contributed by atoms with Gasteiger partial charge in [0.2, 0.25) is 0 Å². The normalized spacial score (nSPS) is 11.5. The van der Waals surface area contributed by atoms with Gasteiger partial charge in [-0.2, -0.15) is 0 Å². The van der Waals surface area contributed by atoms with Crippen LogP contribution in [0.4, 0.5) is 0 Å². The Bertz CT molecular complexity index is 772. The number of methoxy groups -OCH3 is 1. The molecule has 0 aliphatic carbocycles. The highest BCUT2D eigenvalue weighted by Crippen LogP contribution is 2.24. The van der Waals surface area contributed by atoms with Gasteiger partial charge in [-0.3, -0.25) is 9.59 Å². The standard InChI is InChI=1S/C20H24N2O4/c1-4-14-5-7-15(8-6-14)13(2)22-19(23)12-26-18-11-16(25-3)9-10-17(18)20(21)24/h5-11,13H,4,12H2,1-3H3,(H2,21,24)(H,22,23). The first kappa shape index (κ1) is 19.3. The van der Waals surface area contributed by atoms with Crippen molar-refractivity contribution in [3.8, 4) is 11.5 Å². The predicted molar refractivity (Wildman–Crippen MR) is 99.4 cm³/mol. The maximum Gasteiger partial charge on any atom is 0.258 e. The SMILES string of the molecule is CCc1ccc(C(C)NC(=O)COc2cc(OC)ccc2C(N)=O)cc1. The minimum Gasteiger partial charge on any atom is -0.497 e. The smallest absolute Gasteiger partial charge is 0.258 e. The number of hydrogen-bond acceptors (Lipinski definition) is 4. The topological polar surface area (TPSA) is 90.7 Å². The number of benzene rings is 2. The maximum atomic E-state index is 12.2. The van der Waals surface area contributed by atoms with E-state index in [0.29, 0.717) is 5.75 Å². The third-order valence-electron chi connectivity index (χ3n) is 4.08. The zero-order valence-electron chi connectivity index (χ0n) is 15.2. The van der Waals surface area contributed by atoms with E-state index >= 15 is 0 Å². The largest absolute Gasteiger partial charge is 0.497 e. The van der Waals surface area contributed by atoms with Gasteiger partial charge in [-0.15, -0.1) is 0 Å². The highest BCUT2D eigenvalue weighted by atomic mass is 16.5. The molecule has 0 aliphatic heterocycles. The lowest BCUT2D eigenvalue weighted by Crippen LogP contribution is -2.31. The number of ether oxygens (including phenoxy) is 2. The molecule has 26 heavy (non-hydrogen) atoms. The zero-order chi connectivity index (χ0) is 19.1. The second-order valence-corrected chi connectivity index (χ2v) is 5.90. The molecule has 2 aromatic rings. The average molecular weight is 356 g/mol. The summed E-state index contributed by atoms with van der Waals surface area (Å²) in [5.74, 6) is -0.204. The Morgan fingerprint density at radius 2 is 1.85 bits per heavy atom. The van der Waals surface area contributed by atoms with E-state index in [1.165, 1.54) is 24.8 Å². The first-order valence-corrected chi connectivity index (χ1v) is 8.43. The van der Waals surface area contributed by atoms with Crippen LogP contribution in [0.25, 0.3) is 0 Å². The van der Waals surface area contributed by atoms with Gasteiger partial charge in [-0.1, -0.05) is 31.2 Å². The summed E-state index contributed by atoms with van der Waals surface area (Å²) in [6.07, 6.45) is 0.970. The Morgan fingerprint density at radius 1 is 1.15 bits per heavy atom. The molecule has 0 radical (unpaired) electrons. The first-order valence-electron chi connectivity index (χ1n) is 8.43.